The molecular weight excluding hydrogens is 756 g/mol. The molecule has 15 heteroatoms. The molecule has 168 valence electrons. The Kier molecular flexibility index (Phi) is 12.4. The average Bonchev–Trinajstić information content (AvgIpc) is 2.60. The molecule has 0 spiro atoms. The molecule has 0 aromatic heterocycles. The zero-order chi connectivity index (χ0) is 23.8. The third kappa shape index (κ3) is 9.04. The SMILES string of the molecule is CC(=O)Nc1c(I)c(NC(C)=O)c(I)c(C(=O)OCCN)c1I.O=C(O)C(F)(F)F. The Hall–Kier alpha value is -0.960. The highest BCUT2D eigenvalue weighted by molar-refractivity contribution is 14.1. The van der Waals surface area contributed by atoms with Gasteiger partial charge in [-0.2, -0.15) is 13.2 Å². The molecular formula is C15H15F3I3N3O6. The Bertz CT molecular complexity index is 806. The van der Waals surface area contributed by atoms with E-state index in [1.165, 1.54) is 13.8 Å². The van der Waals surface area contributed by atoms with Gasteiger partial charge in [-0.1, -0.05) is 0 Å². The van der Waals surface area contributed by atoms with Crippen molar-refractivity contribution in [2.24, 2.45) is 5.73 Å². The average molecular weight is 771 g/mol. The molecule has 0 radical (unpaired) electrons. The second-order valence-electron chi connectivity index (χ2n) is 5.16. The lowest BCUT2D eigenvalue weighted by atomic mass is 10.1. The van der Waals surface area contributed by atoms with Gasteiger partial charge in [0.15, 0.2) is 0 Å². The maximum Gasteiger partial charge on any atom is 0.490 e. The third-order valence-corrected chi connectivity index (χ3v) is 5.95. The van der Waals surface area contributed by atoms with E-state index in [4.69, 9.17) is 20.4 Å². The second-order valence-corrected chi connectivity index (χ2v) is 8.39. The number of benzene rings is 1. The van der Waals surface area contributed by atoms with Gasteiger partial charge in [0, 0.05) is 20.4 Å². The number of aliphatic carboxylic acids is 1. The normalized spacial score (nSPS) is 10.4. The molecule has 0 aliphatic rings. The second kappa shape index (κ2) is 12.8. The van der Waals surface area contributed by atoms with Gasteiger partial charge in [0.2, 0.25) is 11.8 Å². The number of nitrogens with two attached hydrogens (primary N) is 1. The summed E-state index contributed by atoms with van der Waals surface area (Å²) in [5, 5.41) is 12.5. The van der Waals surface area contributed by atoms with E-state index in [0.29, 0.717) is 22.1 Å². The number of rotatable bonds is 5. The van der Waals surface area contributed by atoms with Gasteiger partial charge in [0.25, 0.3) is 0 Å². The number of amides is 2. The summed E-state index contributed by atoms with van der Waals surface area (Å²) in [5.74, 6) is -3.87. The predicted octanol–water partition coefficient (Wildman–Crippen LogP) is 3.17. The third-order valence-electron chi connectivity index (χ3n) is 2.72. The van der Waals surface area contributed by atoms with Crippen LogP contribution in [0.4, 0.5) is 24.5 Å². The van der Waals surface area contributed by atoms with E-state index in [1.807, 2.05) is 67.8 Å². The maximum absolute atomic E-state index is 12.3. The lowest BCUT2D eigenvalue weighted by Crippen LogP contribution is -2.21. The lowest BCUT2D eigenvalue weighted by molar-refractivity contribution is -0.192. The fraction of sp³-hybridized carbons (Fsp3) is 0.333. The van der Waals surface area contributed by atoms with Crippen LogP contribution in [0.5, 0.6) is 0 Å². The van der Waals surface area contributed by atoms with Crippen molar-refractivity contribution in [3.05, 3.63) is 16.3 Å². The Labute approximate surface area is 209 Å². The number of ether oxygens (including phenoxy) is 1. The van der Waals surface area contributed by atoms with Crippen molar-refractivity contribution in [1.29, 1.82) is 0 Å². The molecule has 1 rings (SSSR count). The van der Waals surface area contributed by atoms with Gasteiger partial charge in [0.05, 0.1) is 27.6 Å². The number of carbonyl (C=O) groups excluding carboxylic acids is 3. The largest absolute Gasteiger partial charge is 0.490 e. The summed E-state index contributed by atoms with van der Waals surface area (Å²) in [5.41, 5.74) is 6.56. The standard InChI is InChI=1S/C13H14I3N3O4.C2HF3O2/c1-5(20)18-11-8(14)7(13(22)23-4-3-17)9(15)12(10(11)16)19-6(2)21;3-2(4,5)1(6)7/h3-4,17H2,1-2H3,(H,18,20)(H,19,21);(H,6,7). The van der Waals surface area contributed by atoms with E-state index in [2.05, 4.69) is 10.6 Å². The number of carboxylic acid groups (broad SMARTS) is 1. The molecule has 2 amide bonds. The first kappa shape index (κ1) is 29.0. The van der Waals surface area contributed by atoms with Crippen molar-refractivity contribution < 1.29 is 42.2 Å². The summed E-state index contributed by atoms with van der Waals surface area (Å²) in [7, 11) is 0. The number of halogens is 6. The van der Waals surface area contributed by atoms with Crippen LogP contribution in [-0.2, 0) is 19.1 Å². The predicted molar refractivity (Wildman–Crippen MR) is 126 cm³/mol. The number of nitrogens with one attached hydrogen (secondary N) is 2. The highest BCUT2D eigenvalue weighted by atomic mass is 127. The van der Waals surface area contributed by atoms with Crippen LogP contribution in [0, 0.1) is 10.7 Å². The highest BCUT2D eigenvalue weighted by Gasteiger charge is 2.38. The Balaban J connectivity index is 0.00000103. The fourth-order valence-corrected chi connectivity index (χ4v) is 5.78. The molecule has 0 fully saturated rings. The minimum Gasteiger partial charge on any atom is -0.475 e. The van der Waals surface area contributed by atoms with Crippen LogP contribution in [0.1, 0.15) is 24.2 Å². The van der Waals surface area contributed by atoms with E-state index in [-0.39, 0.29) is 30.5 Å². The monoisotopic (exact) mass is 771 g/mol. The first-order valence-corrected chi connectivity index (χ1v) is 10.8. The van der Waals surface area contributed by atoms with Gasteiger partial charge in [-0.15, -0.1) is 0 Å². The lowest BCUT2D eigenvalue weighted by Gasteiger charge is -2.19. The van der Waals surface area contributed by atoms with E-state index in [0.717, 1.165) is 0 Å². The van der Waals surface area contributed by atoms with Crippen molar-refractivity contribution >= 4 is 103 Å². The molecule has 0 aliphatic heterocycles. The number of alkyl halides is 3. The number of hydrogen-bond acceptors (Lipinski definition) is 6. The first-order chi connectivity index (χ1) is 13.6. The molecule has 0 unspecified atom stereocenters. The van der Waals surface area contributed by atoms with Crippen LogP contribution in [0.15, 0.2) is 0 Å². The van der Waals surface area contributed by atoms with Gasteiger partial charge in [-0.3, -0.25) is 9.59 Å². The van der Waals surface area contributed by atoms with E-state index in [9.17, 15) is 27.6 Å². The van der Waals surface area contributed by atoms with Gasteiger partial charge in [-0.25, -0.2) is 9.59 Å². The summed E-state index contributed by atoms with van der Waals surface area (Å²) >= 11 is 5.96. The van der Waals surface area contributed by atoms with Crippen LogP contribution in [0.3, 0.4) is 0 Å². The van der Waals surface area contributed by atoms with Crippen LogP contribution >= 0.6 is 67.8 Å². The molecule has 1 aromatic rings. The van der Waals surface area contributed by atoms with Gasteiger partial charge in [0.1, 0.15) is 6.61 Å². The zero-order valence-electron chi connectivity index (χ0n) is 15.2. The van der Waals surface area contributed by atoms with Crippen LogP contribution < -0.4 is 16.4 Å². The smallest absolute Gasteiger partial charge is 0.475 e. The molecule has 5 N–H and O–H groups in total. The van der Waals surface area contributed by atoms with Crippen LogP contribution in [0.2, 0.25) is 0 Å². The van der Waals surface area contributed by atoms with E-state index < -0.39 is 18.1 Å². The Morgan fingerprint density at radius 2 is 1.33 bits per heavy atom. The molecule has 30 heavy (non-hydrogen) atoms. The van der Waals surface area contributed by atoms with Crippen molar-refractivity contribution in [3.63, 3.8) is 0 Å². The summed E-state index contributed by atoms with van der Waals surface area (Å²) < 4.78 is 38.6. The summed E-state index contributed by atoms with van der Waals surface area (Å²) in [6.07, 6.45) is -5.08. The van der Waals surface area contributed by atoms with Crippen molar-refractivity contribution in [2.75, 3.05) is 23.8 Å². The molecule has 0 atom stereocenters. The molecule has 0 bridgehead atoms. The first-order valence-electron chi connectivity index (χ1n) is 7.58. The number of esters is 1. The molecule has 1 aromatic carbocycles. The Morgan fingerprint density at radius 3 is 1.60 bits per heavy atom. The summed E-state index contributed by atoms with van der Waals surface area (Å²) in [6, 6.07) is 0. The highest BCUT2D eigenvalue weighted by Crippen LogP contribution is 2.39. The van der Waals surface area contributed by atoms with Gasteiger partial charge in [-0.05, 0) is 67.8 Å². The molecule has 0 saturated carbocycles. The molecule has 0 saturated heterocycles. The topological polar surface area (TPSA) is 148 Å². The molecule has 0 heterocycles. The van der Waals surface area contributed by atoms with Crippen molar-refractivity contribution in [1.82, 2.24) is 0 Å². The maximum atomic E-state index is 12.3. The quantitative estimate of drug-likeness (QED) is 0.266. The van der Waals surface area contributed by atoms with Gasteiger partial charge < -0.3 is 26.2 Å². The summed E-state index contributed by atoms with van der Waals surface area (Å²) in [4.78, 5) is 44.1. The molecule has 9 nitrogen and oxygen atoms in total. The minimum atomic E-state index is -5.08. The number of hydrogen-bond donors (Lipinski definition) is 4. The van der Waals surface area contributed by atoms with Crippen molar-refractivity contribution in [3.8, 4) is 0 Å². The zero-order valence-corrected chi connectivity index (χ0v) is 21.7. The van der Waals surface area contributed by atoms with Crippen molar-refractivity contribution in [2.45, 2.75) is 20.0 Å². The Morgan fingerprint density at radius 1 is 0.967 bits per heavy atom. The summed E-state index contributed by atoms with van der Waals surface area (Å²) in [6.45, 7) is 3.03. The number of carbonyl (C=O) groups is 4. The minimum absolute atomic E-state index is 0.0852. The number of anilines is 2. The number of carboxylic acids is 1. The van der Waals surface area contributed by atoms with E-state index >= 15 is 0 Å². The van der Waals surface area contributed by atoms with Gasteiger partial charge >= 0.3 is 18.1 Å². The molecule has 0 aliphatic carbocycles. The fourth-order valence-electron chi connectivity index (χ4n) is 1.64. The van der Waals surface area contributed by atoms with E-state index in [1.54, 1.807) is 0 Å². The van der Waals surface area contributed by atoms with Crippen LogP contribution in [0.25, 0.3) is 0 Å². The van der Waals surface area contributed by atoms with Crippen LogP contribution in [-0.4, -0.2) is 48.2 Å².